The van der Waals surface area contributed by atoms with Gasteiger partial charge in [-0.25, -0.2) is 24.5 Å². The van der Waals surface area contributed by atoms with Crippen LogP contribution in [0.5, 0.6) is 0 Å². The average Bonchev–Trinajstić information content (AvgIpc) is 3.87. The Bertz CT molecular complexity index is 1970. The molecule has 0 radical (unpaired) electrons. The Labute approximate surface area is 329 Å². The second kappa shape index (κ2) is 18.1. The highest BCUT2D eigenvalue weighted by molar-refractivity contribution is 7.13. The molecule has 2 N–H and O–H groups in total. The Balaban J connectivity index is 1.30. The minimum Gasteiger partial charge on any atom is -0.444 e. The number of anilines is 1. The predicted octanol–water partition coefficient (Wildman–Crippen LogP) is 9.43. The third kappa shape index (κ3) is 11.5. The molecule has 11 nitrogen and oxygen atoms in total. The summed E-state index contributed by atoms with van der Waals surface area (Å²) in [7, 11) is 0. The fourth-order valence-corrected chi connectivity index (χ4v) is 7.80. The number of nitrogen functional groups attached to an aromatic ring is 1. The van der Waals surface area contributed by atoms with Crippen molar-refractivity contribution in [2.24, 2.45) is 5.92 Å². The van der Waals surface area contributed by atoms with Gasteiger partial charge in [-0.1, -0.05) is 61.7 Å². The molecule has 3 aromatic heterocycles. The van der Waals surface area contributed by atoms with Crippen molar-refractivity contribution in [2.45, 2.75) is 97.3 Å². The summed E-state index contributed by atoms with van der Waals surface area (Å²) >= 11 is 1.57. The molecule has 1 aromatic carbocycles. The number of hydrogen-bond donors (Lipinski definition) is 1. The molecule has 3 heterocycles. The molecule has 294 valence electrons. The minimum absolute atomic E-state index is 0.152. The zero-order valence-corrected chi connectivity index (χ0v) is 34.1. The molecule has 0 aliphatic heterocycles. The number of allylic oxidation sites excluding steroid dienone is 4. The molecule has 2 amide bonds. The first-order chi connectivity index (χ1) is 26.1. The molecule has 4 aromatic rings. The maximum Gasteiger partial charge on any atom is 0.410 e. The van der Waals surface area contributed by atoms with Crippen LogP contribution in [0.2, 0.25) is 0 Å². The van der Waals surface area contributed by atoms with E-state index in [4.69, 9.17) is 25.2 Å². The number of fused-ring (bicyclic) bond motifs is 1. The summed E-state index contributed by atoms with van der Waals surface area (Å²) in [6, 6.07) is 10.3. The van der Waals surface area contributed by atoms with E-state index in [-0.39, 0.29) is 24.1 Å². The number of rotatable bonds is 15. The number of benzene rings is 1. The van der Waals surface area contributed by atoms with Crippen LogP contribution in [-0.4, -0.2) is 78.9 Å². The van der Waals surface area contributed by atoms with Crippen LogP contribution in [0.3, 0.4) is 0 Å². The third-order valence-corrected chi connectivity index (χ3v) is 10.4. The molecule has 0 spiro atoms. The summed E-state index contributed by atoms with van der Waals surface area (Å²) in [5, 5.41) is 3.72. The zero-order valence-electron chi connectivity index (χ0n) is 33.3. The van der Waals surface area contributed by atoms with Crippen LogP contribution in [0, 0.1) is 5.92 Å². The van der Waals surface area contributed by atoms with E-state index in [0.29, 0.717) is 51.3 Å². The molecular formula is C43H57N7O4S. The number of ether oxygens (including phenoxy) is 2. The number of hydrogen-bond acceptors (Lipinski definition) is 9. The van der Waals surface area contributed by atoms with Crippen molar-refractivity contribution < 1.29 is 19.1 Å². The highest BCUT2D eigenvalue weighted by Crippen LogP contribution is 2.41. The molecule has 1 aliphatic carbocycles. The average molecular weight is 768 g/mol. The van der Waals surface area contributed by atoms with Gasteiger partial charge in [0, 0.05) is 55.8 Å². The van der Waals surface area contributed by atoms with Gasteiger partial charge in [-0.05, 0) is 90.7 Å². The lowest BCUT2D eigenvalue weighted by Gasteiger charge is -2.31. The van der Waals surface area contributed by atoms with Gasteiger partial charge in [0.25, 0.3) is 0 Å². The van der Waals surface area contributed by atoms with Crippen molar-refractivity contribution in [3.8, 4) is 10.6 Å². The number of amides is 2. The van der Waals surface area contributed by atoms with Crippen LogP contribution < -0.4 is 5.73 Å². The molecule has 0 unspecified atom stereocenters. The molecule has 12 heteroatoms. The maximum atomic E-state index is 13.6. The highest BCUT2D eigenvalue weighted by atomic mass is 32.1. The second-order valence-electron chi connectivity index (χ2n) is 16.2. The van der Waals surface area contributed by atoms with Crippen LogP contribution >= 0.6 is 11.3 Å². The highest BCUT2D eigenvalue weighted by Gasteiger charge is 2.33. The van der Waals surface area contributed by atoms with E-state index in [1.165, 1.54) is 6.33 Å². The van der Waals surface area contributed by atoms with E-state index in [1.807, 2.05) is 76.8 Å². The first kappa shape index (κ1) is 41.2. The summed E-state index contributed by atoms with van der Waals surface area (Å²) in [4.78, 5) is 44.5. The second-order valence-corrected chi connectivity index (χ2v) is 17.1. The van der Waals surface area contributed by atoms with Crippen LogP contribution in [0.25, 0.3) is 21.6 Å². The number of nitrogens with two attached hydrogens (primary N) is 1. The van der Waals surface area contributed by atoms with Gasteiger partial charge in [0.05, 0.1) is 11.1 Å². The van der Waals surface area contributed by atoms with Gasteiger partial charge < -0.3 is 29.6 Å². The molecule has 5 rings (SSSR count). The molecule has 0 bridgehead atoms. The number of aromatic nitrogens is 4. The fourth-order valence-electron chi connectivity index (χ4n) is 6.96. The molecule has 1 fully saturated rings. The normalized spacial score (nSPS) is 16.2. The zero-order chi connectivity index (χ0) is 39.8. The number of carbonyl (C=O) groups is 2. The van der Waals surface area contributed by atoms with Crippen molar-refractivity contribution >= 4 is 40.4 Å². The summed E-state index contributed by atoms with van der Waals surface area (Å²) < 4.78 is 13.9. The number of carbonyl (C=O) groups excluding carboxylic acids is 2. The summed E-state index contributed by atoms with van der Waals surface area (Å²) in [5.74, 6) is 0.654. The van der Waals surface area contributed by atoms with Crippen molar-refractivity contribution in [2.75, 3.05) is 31.9 Å². The largest absolute Gasteiger partial charge is 0.444 e. The van der Waals surface area contributed by atoms with Gasteiger partial charge in [0.1, 0.15) is 34.0 Å². The van der Waals surface area contributed by atoms with Crippen LogP contribution in [0.1, 0.15) is 84.5 Å². The number of nitrogens with zero attached hydrogens (tertiary/aromatic N) is 6. The van der Waals surface area contributed by atoms with E-state index in [2.05, 4.69) is 46.4 Å². The molecular weight excluding hydrogens is 711 g/mol. The molecule has 55 heavy (non-hydrogen) atoms. The van der Waals surface area contributed by atoms with Crippen LogP contribution in [0.4, 0.5) is 15.4 Å². The molecule has 2 atom stereocenters. The monoisotopic (exact) mass is 767 g/mol. The van der Waals surface area contributed by atoms with E-state index in [9.17, 15) is 9.59 Å². The molecule has 1 aliphatic rings. The Morgan fingerprint density at radius 3 is 2.35 bits per heavy atom. The Hall–Kier alpha value is -4.97. The van der Waals surface area contributed by atoms with Gasteiger partial charge >= 0.3 is 12.2 Å². The lowest BCUT2D eigenvalue weighted by Crippen LogP contribution is -2.42. The van der Waals surface area contributed by atoms with Gasteiger partial charge in [-0.3, -0.25) is 0 Å². The Morgan fingerprint density at radius 1 is 0.982 bits per heavy atom. The van der Waals surface area contributed by atoms with Gasteiger partial charge in [-0.15, -0.1) is 11.3 Å². The lowest BCUT2D eigenvalue weighted by atomic mass is 10.1. The smallest absolute Gasteiger partial charge is 0.410 e. The van der Waals surface area contributed by atoms with Crippen LogP contribution in [-0.2, 0) is 22.3 Å². The molecule has 0 saturated heterocycles. The quantitative estimate of drug-likeness (QED) is 0.119. The summed E-state index contributed by atoms with van der Waals surface area (Å²) in [6.07, 6.45) is 13.1. The van der Waals surface area contributed by atoms with Crippen molar-refractivity contribution in [1.29, 1.82) is 0 Å². The predicted molar refractivity (Wildman–Crippen MR) is 222 cm³/mol. The standard InChI is InChI=1S/C43H57N7O4S/c1-9-15-30(10-2)24-33-28-55-39(47-33)35-27-50(38-36(35)37(44)45-29-46-38)34-19-18-32(25-34)26-49(41(52)54-43(6,7)8)22-14-21-48(40(51)53-42(3,4)5)23-20-31-16-12-11-13-17-31/h9-13,15-17,27-29,32,34H,1-2,14,18-26H2,3-8H3,(H2,44,45,46)/b30-15+/t32-,34+/m1/s1. The van der Waals surface area contributed by atoms with E-state index in [1.54, 1.807) is 22.3 Å². The number of thiazole rings is 1. The maximum absolute atomic E-state index is 13.6. The fraction of sp³-hybridized carbons (Fsp3) is 0.465. The van der Waals surface area contributed by atoms with Crippen LogP contribution in [0.15, 0.2) is 85.2 Å². The van der Waals surface area contributed by atoms with E-state index in [0.717, 1.165) is 57.7 Å². The van der Waals surface area contributed by atoms with Crippen molar-refractivity contribution in [3.05, 3.63) is 96.5 Å². The first-order valence-electron chi connectivity index (χ1n) is 19.1. The summed E-state index contributed by atoms with van der Waals surface area (Å²) in [5.41, 5.74) is 10.1. The third-order valence-electron chi connectivity index (χ3n) is 9.46. The lowest BCUT2D eigenvalue weighted by molar-refractivity contribution is 0.0186. The van der Waals surface area contributed by atoms with Gasteiger partial charge in [0.15, 0.2) is 0 Å². The Morgan fingerprint density at radius 2 is 1.67 bits per heavy atom. The summed E-state index contributed by atoms with van der Waals surface area (Å²) in [6.45, 7) is 20.9. The SMILES string of the molecule is C=C/C=C(\C=C)Cc1csc(-c2cn([C@H]3CC[C@@H](CN(CCCN(CCc4ccccc4)C(=O)OC(C)(C)C)C(=O)OC(C)(C)C)C3)c3ncnc(N)c23)n1. The topological polar surface area (TPSA) is 129 Å². The Kier molecular flexibility index (Phi) is 13.6. The van der Waals surface area contributed by atoms with E-state index >= 15 is 0 Å². The van der Waals surface area contributed by atoms with Gasteiger partial charge in [-0.2, -0.15) is 0 Å². The van der Waals surface area contributed by atoms with Crippen molar-refractivity contribution in [1.82, 2.24) is 29.3 Å². The van der Waals surface area contributed by atoms with Gasteiger partial charge in [0.2, 0.25) is 0 Å². The van der Waals surface area contributed by atoms with Crippen molar-refractivity contribution in [3.63, 3.8) is 0 Å². The minimum atomic E-state index is -0.642. The first-order valence-corrected chi connectivity index (χ1v) is 20.0. The van der Waals surface area contributed by atoms with E-state index < -0.39 is 11.2 Å². The molecule has 1 saturated carbocycles.